The Bertz CT molecular complexity index is 395. The molecule has 1 rings (SSSR count). The SMILES string of the molecule is CCOCCN(C)c1cc(Cl)ccc1C(=O)O. The Kier molecular flexibility index (Phi) is 5.25. The molecule has 0 atom stereocenters. The molecule has 1 aromatic carbocycles. The molecular weight excluding hydrogens is 242 g/mol. The van der Waals surface area contributed by atoms with Gasteiger partial charge in [0, 0.05) is 25.2 Å². The molecule has 0 saturated heterocycles. The second-order valence-corrected chi connectivity index (χ2v) is 4.02. The molecule has 0 aromatic heterocycles. The molecule has 0 heterocycles. The van der Waals surface area contributed by atoms with Gasteiger partial charge in [-0.25, -0.2) is 4.79 Å². The number of aromatic carboxylic acids is 1. The third kappa shape index (κ3) is 3.91. The highest BCUT2D eigenvalue weighted by molar-refractivity contribution is 6.31. The predicted molar refractivity (Wildman–Crippen MR) is 68.2 cm³/mol. The van der Waals surface area contributed by atoms with Gasteiger partial charge in [-0.15, -0.1) is 0 Å². The van der Waals surface area contributed by atoms with Gasteiger partial charge in [0.05, 0.1) is 17.9 Å². The topological polar surface area (TPSA) is 49.8 Å². The van der Waals surface area contributed by atoms with Crippen molar-refractivity contribution in [1.82, 2.24) is 0 Å². The Morgan fingerprint density at radius 1 is 1.53 bits per heavy atom. The minimum Gasteiger partial charge on any atom is -0.478 e. The summed E-state index contributed by atoms with van der Waals surface area (Å²) in [6.45, 7) is 3.74. The van der Waals surface area contributed by atoms with E-state index in [2.05, 4.69) is 0 Å². The Balaban J connectivity index is 2.86. The number of carbonyl (C=O) groups is 1. The molecule has 1 N–H and O–H groups in total. The minimum atomic E-state index is -0.958. The molecule has 0 spiro atoms. The van der Waals surface area contributed by atoms with Gasteiger partial charge in [-0.05, 0) is 25.1 Å². The van der Waals surface area contributed by atoms with Crippen LogP contribution in [-0.4, -0.2) is 37.9 Å². The highest BCUT2D eigenvalue weighted by Gasteiger charge is 2.13. The number of likely N-dealkylation sites (N-methyl/N-ethyl adjacent to an activating group) is 1. The third-order valence-corrected chi connectivity index (χ3v) is 2.61. The molecule has 0 aliphatic heterocycles. The lowest BCUT2D eigenvalue weighted by Crippen LogP contribution is -2.24. The number of rotatable bonds is 6. The van der Waals surface area contributed by atoms with Gasteiger partial charge in [-0.3, -0.25) is 0 Å². The maximum Gasteiger partial charge on any atom is 0.337 e. The molecule has 0 fully saturated rings. The Hall–Kier alpha value is -1.26. The third-order valence-electron chi connectivity index (χ3n) is 2.38. The van der Waals surface area contributed by atoms with E-state index in [4.69, 9.17) is 21.4 Å². The smallest absolute Gasteiger partial charge is 0.337 e. The highest BCUT2D eigenvalue weighted by Crippen LogP contribution is 2.24. The van der Waals surface area contributed by atoms with Crippen molar-refractivity contribution in [3.63, 3.8) is 0 Å². The van der Waals surface area contributed by atoms with Crippen molar-refractivity contribution in [3.05, 3.63) is 28.8 Å². The largest absolute Gasteiger partial charge is 0.478 e. The van der Waals surface area contributed by atoms with E-state index in [-0.39, 0.29) is 5.56 Å². The Labute approximate surface area is 106 Å². The number of ether oxygens (including phenoxy) is 1. The first kappa shape index (κ1) is 13.8. The standard InChI is InChI=1S/C12H16ClNO3/c1-3-17-7-6-14(2)11-8-9(13)4-5-10(11)12(15)16/h4-5,8H,3,6-7H2,1-2H3,(H,15,16). The molecule has 0 unspecified atom stereocenters. The number of benzene rings is 1. The van der Waals surface area contributed by atoms with Gasteiger partial charge < -0.3 is 14.7 Å². The van der Waals surface area contributed by atoms with Crippen LogP contribution >= 0.6 is 11.6 Å². The summed E-state index contributed by atoms with van der Waals surface area (Å²) in [6, 6.07) is 4.74. The first-order valence-corrected chi connectivity index (χ1v) is 5.75. The summed E-state index contributed by atoms with van der Waals surface area (Å²) in [4.78, 5) is 12.9. The average Bonchev–Trinajstić information content (AvgIpc) is 2.28. The number of hydrogen-bond acceptors (Lipinski definition) is 3. The first-order chi connectivity index (χ1) is 8.06. The minimum absolute atomic E-state index is 0.244. The zero-order chi connectivity index (χ0) is 12.8. The number of anilines is 1. The summed E-state index contributed by atoms with van der Waals surface area (Å²) in [7, 11) is 1.82. The molecule has 0 radical (unpaired) electrons. The fourth-order valence-corrected chi connectivity index (χ4v) is 1.63. The maximum absolute atomic E-state index is 11.1. The fraction of sp³-hybridized carbons (Fsp3) is 0.417. The summed E-state index contributed by atoms with van der Waals surface area (Å²) in [5.74, 6) is -0.958. The van der Waals surface area contributed by atoms with E-state index in [1.54, 1.807) is 12.1 Å². The van der Waals surface area contributed by atoms with Crippen LogP contribution in [0.25, 0.3) is 0 Å². The van der Waals surface area contributed by atoms with Gasteiger partial charge in [0.15, 0.2) is 0 Å². The number of carboxylic acid groups (broad SMARTS) is 1. The predicted octanol–water partition coefficient (Wildman–Crippen LogP) is 2.51. The zero-order valence-corrected chi connectivity index (χ0v) is 10.7. The van der Waals surface area contributed by atoms with E-state index in [9.17, 15) is 4.79 Å². The molecule has 0 amide bonds. The molecule has 0 bridgehead atoms. The Morgan fingerprint density at radius 3 is 2.82 bits per heavy atom. The van der Waals surface area contributed by atoms with Gasteiger partial charge in [-0.2, -0.15) is 0 Å². The monoisotopic (exact) mass is 257 g/mol. The lowest BCUT2D eigenvalue weighted by atomic mass is 10.1. The number of halogens is 1. The van der Waals surface area contributed by atoms with Gasteiger partial charge >= 0.3 is 5.97 Å². The van der Waals surface area contributed by atoms with E-state index in [1.807, 2.05) is 18.9 Å². The van der Waals surface area contributed by atoms with Crippen LogP contribution in [0.1, 0.15) is 17.3 Å². The lowest BCUT2D eigenvalue weighted by molar-refractivity contribution is 0.0697. The average molecular weight is 258 g/mol. The molecule has 1 aromatic rings. The van der Waals surface area contributed by atoms with E-state index in [1.165, 1.54) is 6.07 Å². The fourth-order valence-electron chi connectivity index (χ4n) is 1.47. The van der Waals surface area contributed by atoms with E-state index in [0.29, 0.717) is 30.5 Å². The van der Waals surface area contributed by atoms with Crippen molar-refractivity contribution in [2.24, 2.45) is 0 Å². The van der Waals surface area contributed by atoms with Crippen LogP contribution in [0.2, 0.25) is 5.02 Å². The first-order valence-electron chi connectivity index (χ1n) is 5.38. The van der Waals surface area contributed by atoms with Crippen LogP contribution in [0.15, 0.2) is 18.2 Å². The maximum atomic E-state index is 11.1. The molecular formula is C12H16ClNO3. The van der Waals surface area contributed by atoms with Crippen LogP contribution < -0.4 is 4.90 Å². The van der Waals surface area contributed by atoms with Crippen LogP contribution in [0, 0.1) is 0 Å². The lowest BCUT2D eigenvalue weighted by Gasteiger charge is -2.21. The normalized spacial score (nSPS) is 10.3. The van der Waals surface area contributed by atoms with Crippen LogP contribution in [0.4, 0.5) is 5.69 Å². The summed E-state index contributed by atoms with van der Waals surface area (Å²) in [6.07, 6.45) is 0. The molecule has 0 aliphatic rings. The van der Waals surface area contributed by atoms with Gasteiger partial charge in [-0.1, -0.05) is 11.6 Å². The van der Waals surface area contributed by atoms with Gasteiger partial charge in [0.1, 0.15) is 0 Å². The molecule has 17 heavy (non-hydrogen) atoms. The van der Waals surface area contributed by atoms with Crippen LogP contribution in [0.3, 0.4) is 0 Å². The summed E-state index contributed by atoms with van der Waals surface area (Å²) in [5, 5.41) is 9.60. The van der Waals surface area contributed by atoms with Gasteiger partial charge in [0.25, 0.3) is 0 Å². The van der Waals surface area contributed by atoms with Crippen molar-refractivity contribution in [1.29, 1.82) is 0 Å². The van der Waals surface area contributed by atoms with Crippen molar-refractivity contribution < 1.29 is 14.6 Å². The quantitative estimate of drug-likeness (QED) is 0.796. The number of carboxylic acids is 1. The van der Waals surface area contributed by atoms with Gasteiger partial charge in [0.2, 0.25) is 0 Å². The highest BCUT2D eigenvalue weighted by atomic mass is 35.5. The molecule has 5 heteroatoms. The van der Waals surface area contributed by atoms with Crippen molar-refractivity contribution >= 4 is 23.3 Å². The second-order valence-electron chi connectivity index (χ2n) is 3.59. The number of nitrogens with zero attached hydrogens (tertiary/aromatic N) is 1. The molecule has 4 nitrogen and oxygen atoms in total. The van der Waals surface area contributed by atoms with Crippen molar-refractivity contribution in [2.75, 3.05) is 31.7 Å². The number of hydrogen-bond donors (Lipinski definition) is 1. The van der Waals surface area contributed by atoms with E-state index < -0.39 is 5.97 Å². The van der Waals surface area contributed by atoms with E-state index >= 15 is 0 Å². The van der Waals surface area contributed by atoms with Crippen molar-refractivity contribution in [2.45, 2.75) is 6.92 Å². The second kappa shape index (κ2) is 6.47. The summed E-state index contributed by atoms with van der Waals surface area (Å²) in [5.41, 5.74) is 0.845. The summed E-state index contributed by atoms with van der Waals surface area (Å²) < 4.78 is 5.23. The van der Waals surface area contributed by atoms with E-state index in [0.717, 1.165) is 0 Å². The zero-order valence-electron chi connectivity index (χ0n) is 9.94. The molecule has 0 aliphatic carbocycles. The Morgan fingerprint density at radius 2 is 2.24 bits per heavy atom. The molecule has 0 saturated carbocycles. The summed E-state index contributed by atoms with van der Waals surface area (Å²) >= 11 is 5.88. The van der Waals surface area contributed by atoms with Crippen LogP contribution in [0.5, 0.6) is 0 Å². The van der Waals surface area contributed by atoms with Crippen LogP contribution in [-0.2, 0) is 4.74 Å². The molecule has 94 valence electrons. The van der Waals surface area contributed by atoms with Crippen molar-refractivity contribution in [3.8, 4) is 0 Å².